The highest BCUT2D eigenvalue weighted by atomic mass is 32.2. The maximum absolute atomic E-state index is 13.0. The van der Waals surface area contributed by atoms with Crippen LogP contribution >= 0.6 is 23.1 Å². The molecule has 3 rings (SSSR count). The average Bonchev–Trinajstić information content (AvgIpc) is 3.37. The van der Waals surface area contributed by atoms with Gasteiger partial charge < -0.3 is 10.2 Å². The first-order valence-electron chi connectivity index (χ1n) is 8.53. The summed E-state index contributed by atoms with van der Waals surface area (Å²) < 4.78 is 39.0. The van der Waals surface area contributed by atoms with E-state index >= 15 is 0 Å². The van der Waals surface area contributed by atoms with E-state index in [4.69, 9.17) is 0 Å². The van der Waals surface area contributed by atoms with Gasteiger partial charge in [0.15, 0.2) is 5.82 Å². The number of para-hydroxylation sites is 1. The molecule has 2 aromatic heterocycles. The molecule has 30 heavy (non-hydrogen) atoms. The first-order chi connectivity index (χ1) is 14.2. The minimum absolute atomic E-state index is 0.0232. The first-order valence-corrected chi connectivity index (χ1v) is 10.4. The summed E-state index contributed by atoms with van der Waals surface area (Å²) in [5.74, 6) is -0.548. The number of amides is 2. The zero-order valence-corrected chi connectivity index (χ0v) is 17.2. The number of aromatic amines is 1. The van der Waals surface area contributed by atoms with Crippen molar-refractivity contribution < 1.29 is 22.8 Å². The minimum Gasteiger partial charge on any atom is -0.336 e. The van der Waals surface area contributed by atoms with Crippen LogP contribution in [0.4, 0.5) is 18.9 Å². The number of rotatable bonds is 7. The molecule has 0 saturated heterocycles. The first kappa shape index (κ1) is 21.8. The van der Waals surface area contributed by atoms with E-state index in [9.17, 15) is 22.8 Å². The molecule has 7 nitrogen and oxygen atoms in total. The monoisotopic (exact) mass is 455 g/mol. The lowest BCUT2D eigenvalue weighted by atomic mass is 10.1. The van der Waals surface area contributed by atoms with Crippen LogP contribution in [0.3, 0.4) is 0 Å². The van der Waals surface area contributed by atoms with Gasteiger partial charge in [-0.3, -0.25) is 14.7 Å². The van der Waals surface area contributed by atoms with Crippen LogP contribution in [0.5, 0.6) is 0 Å². The molecule has 0 radical (unpaired) electrons. The summed E-state index contributed by atoms with van der Waals surface area (Å²) in [6.45, 7) is -0.389. The van der Waals surface area contributed by atoms with Gasteiger partial charge in [0.25, 0.3) is 0 Å². The van der Waals surface area contributed by atoms with Crippen LogP contribution in [-0.4, -0.2) is 51.2 Å². The SMILES string of the molecule is CN(CC(=O)Nc1ccccc1C(F)(F)F)C(=O)CSc1n[nH]c(-c2cccs2)n1. The Morgan fingerprint density at radius 2 is 2.00 bits per heavy atom. The Labute approximate surface area is 177 Å². The van der Waals surface area contributed by atoms with Gasteiger partial charge in [-0.1, -0.05) is 30.0 Å². The Hall–Kier alpha value is -2.86. The third kappa shape index (κ3) is 5.60. The molecule has 0 spiro atoms. The number of thioether (sulfide) groups is 1. The number of nitrogens with zero attached hydrogens (tertiary/aromatic N) is 3. The van der Waals surface area contributed by atoms with E-state index < -0.39 is 17.6 Å². The van der Waals surface area contributed by atoms with Crippen LogP contribution in [0.2, 0.25) is 0 Å². The molecule has 0 unspecified atom stereocenters. The van der Waals surface area contributed by atoms with Crippen molar-refractivity contribution in [2.24, 2.45) is 0 Å². The smallest absolute Gasteiger partial charge is 0.336 e. The highest BCUT2D eigenvalue weighted by molar-refractivity contribution is 7.99. The molecule has 0 bridgehead atoms. The average molecular weight is 455 g/mol. The highest BCUT2D eigenvalue weighted by Crippen LogP contribution is 2.34. The minimum atomic E-state index is -4.60. The fourth-order valence-corrected chi connectivity index (χ4v) is 3.81. The topological polar surface area (TPSA) is 91.0 Å². The van der Waals surface area contributed by atoms with E-state index in [1.54, 1.807) is 0 Å². The van der Waals surface area contributed by atoms with Crippen molar-refractivity contribution in [2.45, 2.75) is 11.3 Å². The number of likely N-dealkylation sites (N-methyl/N-ethyl adjacent to an activating group) is 1. The van der Waals surface area contributed by atoms with Gasteiger partial charge in [0, 0.05) is 7.05 Å². The summed E-state index contributed by atoms with van der Waals surface area (Å²) in [4.78, 5) is 30.7. The molecular formula is C18H16F3N5O2S2. The van der Waals surface area contributed by atoms with Gasteiger partial charge in [-0.2, -0.15) is 13.2 Å². The Morgan fingerprint density at radius 1 is 1.23 bits per heavy atom. The van der Waals surface area contributed by atoms with Crippen molar-refractivity contribution in [1.82, 2.24) is 20.1 Å². The number of alkyl halides is 3. The van der Waals surface area contributed by atoms with Crippen molar-refractivity contribution in [1.29, 1.82) is 0 Å². The molecule has 0 saturated carbocycles. The number of aromatic nitrogens is 3. The van der Waals surface area contributed by atoms with Crippen LogP contribution in [-0.2, 0) is 15.8 Å². The van der Waals surface area contributed by atoms with E-state index in [1.807, 2.05) is 17.5 Å². The van der Waals surface area contributed by atoms with E-state index in [0.29, 0.717) is 11.0 Å². The van der Waals surface area contributed by atoms with Crippen LogP contribution in [0.15, 0.2) is 46.9 Å². The maximum atomic E-state index is 13.0. The van der Waals surface area contributed by atoms with Gasteiger partial charge in [0.2, 0.25) is 17.0 Å². The van der Waals surface area contributed by atoms with Crippen LogP contribution < -0.4 is 5.32 Å². The normalized spacial score (nSPS) is 11.3. The molecule has 12 heteroatoms. The number of halogens is 3. The standard InChI is InChI=1S/C18H16F3N5O2S2/c1-26(9-14(27)22-12-6-3-2-5-11(12)18(19,20)21)15(28)10-30-17-23-16(24-25-17)13-7-4-8-29-13/h2-8H,9-10H2,1H3,(H,22,27)(H,23,24,25). The van der Waals surface area contributed by atoms with Gasteiger partial charge in [0.1, 0.15) is 0 Å². The fraction of sp³-hybridized carbons (Fsp3) is 0.222. The number of hydrogen-bond donors (Lipinski definition) is 2. The second-order valence-corrected chi connectivity index (χ2v) is 7.96. The molecular weight excluding hydrogens is 439 g/mol. The van der Waals surface area contributed by atoms with Crippen molar-refractivity contribution in [2.75, 3.05) is 24.7 Å². The number of carbonyl (C=O) groups excluding carboxylic acids is 2. The highest BCUT2D eigenvalue weighted by Gasteiger charge is 2.33. The summed E-state index contributed by atoms with van der Waals surface area (Å²) in [6.07, 6.45) is -4.60. The molecule has 0 aliphatic rings. The summed E-state index contributed by atoms with van der Waals surface area (Å²) in [5, 5.41) is 11.3. The zero-order valence-electron chi connectivity index (χ0n) is 15.6. The largest absolute Gasteiger partial charge is 0.418 e. The third-order valence-electron chi connectivity index (χ3n) is 3.86. The van der Waals surface area contributed by atoms with Gasteiger partial charge in [-0.25, -0.2) is 4.98 Å². The molecule has 0 atom stereocenters. The fourth-order valence-electron chi connectivity index (χ4n) is 2.40. The second kappa shape index (κ2) is 9.30. The van der Waals surface area contributed by atoms with E-state index in [-0.39, 0.29) is 23.9 Å². The summed E-state index contributed by atoms with van der Waals surface area (Å²) in [5.41, 5.74) is -1.30. The van der Waals surface area contributed by atoms with Gasteiger partial charge in [-0.05, 0) is 23.6 Å². The number of nitrogens with one attached hydrogen (secondary N) is 2. The molecule has 0 fully saturated rings. The summed E-state index contributed by atoms with van der Waals surface area (Å²) in [7, 11) is 1.40. The molecule has 2 amide bonds. The third-order valence-corrected chi connectivity index (χ3v) is 5.57. The van der Waals surface area contributed by atoms with Crippen LogP contribution in [0.1, 0.15) is 5.56 Å². The Kier molecular flexibility index (Phi) is 6.77. The maximum Gasteiger partial charge on any atom is 0.418 e. The van der Waals surface area contributed by atoms with Gasteiger partial charge in [-0.15, -0.1) is 16.4 Å². The van der Waals surface area contributed by atoms with Gasteiger partial charge in [0.05, 0.1) is 28.4 Å². The van der Waals surface area contributed by atoms with Crippen LogP contribution in [0.25, 0.3) is 10.7 Å². The number of anilines is 1. The van der Waals surface area contributed by atoms with Crippen molar-refractivity contribution in [3.63, 3.8) is 0 Å². The summed E-state index contributed by atoms with van der Waals surface area (Å²) in [6, 6.07) is 8.42. The lowest BCUT2D eigenvalue weighted by Crippen LogP contribution is -2.36. The molecule has 0 aliphatic heterocycles. The number of thiophene rings is 1. The number of benzene rings is 1. The summed E-state index contributed by atoms with van der Waals surface area (Å²) >= 11 is 2.59. The van der Waals surface area contributed by atoms with Crippen molar-refractivity contribution in [3.8, 4) is 10.7 Å². The van der Waals surface area contributed by atoms with E-state index in [0.717, 1.165) is 33.7 Å². The lowest BCUT2D eigenvalue weighted by Gasteiger charge is -2.18. The van der Waals surface area contributed by atoms with Crippen molar-refractivity contribution >= 4 is 40.6 Å². The molecule has 1 aromatic carbocycles. The number of carbonyl (C=O) groups is 2. The van der Waals surface area contributed by atoms with Crippen LogP contribution in [0, 0.1) is 0 Å². The zero-order chi connectivity index (χ0) is 21.7. The number of H-pyrrole nitrogens is 1. The Morgan fingerprint density at radius 3 is 2.70 bits per heavy atom. The van der Waals surface area contributed by atoms with Gasteiger partial charge >= 0.3 is 6.18 Å². The molecule has 2 N–H and O–H groups in total. The molecule has 2 heterocycles. The lowest BCUT2D eigenvalue weighted by molar-refractivity contribution is -0.137. The quantitative estimate of drug-likeness (QED) is 0.530. The molecule has 3 aromatic rings. The predicted octanol–water partition coefficient (Wildman–Crippen LogP) is 3.74. The van der Waals surface area contributed by atoms with E-state index in [1.165, 1.54) is 30.5 Å². The number of hydrogen-bond acceptors (Lipinski definition) is 6. The predicted molar refractivity (Wildman–Crippen MR) is 108 cm³/mol. The van der Waals surface area contributed by atoms with Crippen molar-refractivity contribution in [3.05, 3.63) is 47.3 Å². The Bertz CT molecular complexity index is 1020. The second-order valence-electron chi connectivity index (χ2n) is 6.07. The van der Waals surface area contributed by atoms with E-state index in [2.05, 4.69) is 20.5 Å². The Balaban J connectivity index is 1.52. The molecule has 0 aliphatic carbocycles. The molecule has 158 valence electrons.